The SMILES string of the molecule is CCc1ccc(-c2sc(C)nc2C(=O)N2CCC2CNC(=O)OC(C)(C)C)cc1. The lowest BCUT2D eigenvalue weighted by molar-refractivity contribution is 0.0371. The molecule has 0 radical (unpaired) electrons. The predicted molar refractivity (Wildman–Crippen MR) is 115 cm³/mol. The van der Waals surface area contributed by atoms with Crippen LogP contribution in [0.2, 0.25) is 0 Å². The number of likely N-dealkylation sites (tertiary alicyclic amines) is 1. The normalized spacial score (nSPS) is 16.3. The summed E-state index contributed by atoms with van der Waals surface area (Å²) in [5.41, 5.74) is 2.23. The van der Waals surface area contributed by atoms with Gasteiger partial charge < -0.3 is 15.0 Å². The van der Waals surface area contributed by atoms with Crippen molar-refractivity contribution in [2.45, 2.75) is 59.1 Å². The summed E-state index contributed by atoms with van der Waals surface area (Å²) in [6.07, 6.45) is 1.37. The molecule has 156 valence electrons. The lowest BCUT2D eigenvalue weighted by Gasteiger charge is -2.40. The molecule has 2 amide bonds. The minimum absolute atomic E-state index is 0.0349. The Labute approximate surface area is 176 Å². The van der Waals surface area contributed by atoms with Gasteiger partial charge in [0.25, 0.3) is 5.91 Å². The minimum Gasteiger partial charge on any atom is -0.444 e. The molecule has 1 aromatic heterocycles. The number of hydrogen-bond acceptors (Lipinski definition) is 5. The van der Waals surface area contributed by atoms with E-state index < -0.39 is 11.7 Å². The van der Waals surface area contributed by atoms with Crippen molar-refractivity contribution in [2.75, 3.05) is 13.1 Å². The second kappa shape index (κ2) is 8.53. The number of alkyl carbamates (subject to hydrolysis) is 1. The first-order chi connectivity index (χ1) is 13.7. The van der Waals surface area contributed by atoms with Gasteiger partial charge in [-0.15, -0.1) is 11.3 Å². The third-order valence-electron chi connectivity index (χ3n) is 4.85. The van der Waals surface area contributed by atoms with Crippen LogP contribution in [0.15, 0.2) is 24.3 Å². The molecule has 6 nitrogen and oxygen atoms in total. The molecule has 0 saturated carbocycles. The van der Waals surface area contributed by atoms with Crippen molar-refractivity contribution in [2.24, 2.45) is 0 Å². The molecular weight excluding hydrogens is 386 g/mol. The van der Waals surface area contributed by atoms with Crippen molar-refractivity contribution in [1.82, 2.24) is 15.2 Å². The zero-order chi connectivity index (χ0) is 21.2. The smallest absolute Gasteiger partial charge is 0.407 e. The lowest BCUT2D eigenvalue weighted by atomic mass is 10.0. The molecule has 1 aromatic carbocycles. The maximum atomic E-state index is 13.2. The van der Waals surface area contributed by atoms with Gasteiger partial charge in [-0.05, 0) is 51.7 Å². The first-order valence-electron chi connectivity index (χ1n) is 10.0. The van der Waals surface area contributed by atoms with E-state index in [0.717, 1.165) is 28.3 Å². The fourth-order valence-corrected chi connectivity index (χ4v) is 4.15. The molecule has 0 aliphatic carbocycles. The van der Waals surface area contributed by atoms with Crippen molar-refractivity contribution in [1.29, 1.82) is 0 Å². The van der Waals surface area contributed by atoms with E-state index in [0.29, 0.717) is 18.8 Å². The standard InChI is InChI=1S/C22H29N3O3S/c1-6-15-7-9-16(10-8-15)19-18(24-14(2)29-19)20(26)25-12-11-17(25)13-23-21(27)28-22(3,4)5/h7-10,17H,6,11-13H2,1-5H3,(H,23,27). The quantitative estimate of drug-likeness (QED) is 0.785. The summed E-state index contributed by atoms with van der Waals surface area (Å²) in [5, 5.41) is 3.64. The number of carbonyl (C=O) groups excluding carboxylic acids is 2. The Bertz CT molecular complexity index is 884. The lowest BCUT2D eigenvalue weighted by Crippen LogP contribution is -2.56. The van der Waals surface area contributed by atoms with Crippen LogP contribution in [-0.2, 0) is 11.2 Å². The van der Waals surface area contributed by atoms with E-state index in [9.17, 15) is 9.59 Å². The number of nitrogens with one attached hydrogen (secondary N) is 1. The highest BCUT2D eigenvalue weighted by molar-refractivity contribution is 7.15. The monoisotopic (exact) mass is 415 g/mol. The van der Waals surface area contributed by atoms with Crippen LogP contribution in [-0.4, -0.2) is 46.6 Å². The highest BCUT2D eigenvalue weighted by atomic mass is 32.1. The van der Waals surface area contributed by atoms with Crippen LogP contribution in [0.4, 0.5) is 4.79 Å². The van der Waals surface area contributed by atoms with Gasteiger partial charge in [-0.1, -0.05) is 31.2 Å². The summed E-state index contributed by atoms with van der Waals surface area (Å²) >= 11 is 1.54. The summed E-state index contributed by atoms with van der Waals surface area (Å²) < 4.78 is 5.27. The van der Waals surface area contributed by atoms with Gasteiger partial charge >= 0.3 is 6.09 Å². The number of thiazole rings is 1. The van der Waals surface area contributed by atoms with E-state index >= 15 is 0 Å². The van der Waals surface area contributed by atoms with Gasteiger partial charge in [0.05, 0.1) is 15.9 Å². The van der Waals surface area contributed by atoms with E-state index in [1.54, 1.807) is 4.90 Å². The van der Waals surface area contributed by atoms with Gasteiger partial charge in [0, 0.05) is 13.1 Å². The molecule has 1 aliphatic rings. The summed E-state index contributed by atoms with van der Waals surface area (Å²) in [6, 6.07) is 8.26. The highest BCUT2D eigenvalue weighted by Crippen LogP contribution is 2.33. The van der Waals surface area contributed by atoms with Crippen LogP contribution in [0, 0.1) is 6.92 Å². The molecule has 2 aromatic rings. The fraction of sp³-hybridized carbons (Fsp3) is 0.500. The molecule has 0 bridgehead atoms. The van der Waals surface area contributed by atoms with Gasteiger partial charge in [0.1, 0.15) is 11.3 Å². The Morgan fingerprint density at radius 3 is 2.52 bits per heavy atom. The number of rotatable bonds is 5. The number of amides is 2. The molecule has 1 atom stereocenters. The Morgan fingerprint density at radius 2 is 1.97 bits per heavy atom. The number of carbonyl (C=O) groups is 2. The molecule has 3 rings (SSSR count). The summed E-state index contributed by atoms with van der Waals surface area (Å²) in [5.74, 6) is -0.0776. The number of benzene rings is 1. The Morgan fingerprint density at radius 1 is 1.28 bits per heavy atom. The van der Waals surface area contributed by atoms with E-state index in [1.807, 2.05) is 27.7 Å². The van der Waals surface area contributed by atoms with E-state index in [4.69, 9.17) is 4.74 Å². The van der Waals surface area contributed by atoms with Crippen molar-refractivity contribution in [3.8, 4) is 10.4 Å². The fourth-order valence-electron chi connectivity index (χ4n) is 3.23. The maximum Gasteiger partial charge on any atom is 0.407 e. The summed E-state index contributed by atoms with van der Waals surface area (Å²) in [7, 11) is 0. The first-order valence-corrected chi connectivity index (χ1v) is 10.8. The van der Waals surface area contributed by atoms with Gasteiger partial charge in [0.2, 0.25) is 0 Å². The third kappa shape index (κ3) is 5.15. The third-order valence-corrected chi connectivity index (χ3v) is 5.87. The second-order valence-corrected chi connectivity index (χ2v) is 9.49. The average molecular weight is 416 g/mol. The largest absolute Gasteiger partial charge is 0.444 e. The Hall–Kier alpha value is -2.41. The molecule has 7 heteroatoms. The average Bonchev–Trinajstić information content (AvgIpc) is 3.01. The first kappa shape index (κ1) is 21.3. The zero-order valence-corrected chi connectivity index (χ0v) is 18.6. The van der Waals surface area contributed by atoms with E-state index in [-0.39, 0.29) is 11.9 Å². The maximum absolute atomic E-state index is 13.2. The predicted octanol–water partition coefficient (Wildman–Crippen LogP) is 4.42. The molecule has 0 spiro atoms. The van der Waals surface area contributed by atoms with Gasteiger partial charge in [-0.25, -0.2) is 9.78 Å². The molecule has 1 aliphatic heterocycles. The summed E-state index contributed by atoms with van der Waals surface area (Å²) in [4.78, 5) is 32.3. The van der Waals surface area contributed by atoms with Crippen LogP contribution >= 0.6 is 11.3 Å². The van der Waals surface area contributed by atoms with Crippen LogP contribution in [0.1, 0.15) is 55.2 Å². The van der Waals surface area contributed by atoms with Gasteiger partial charge in [-0.3, -0.25) is 4.79 Å². The molecule has 1 fully saturated rings. The number of hydrogen-bond donors (Lipinski definition) is 1. The molecule has 2 heterocycles. The van der Waals surface area contributed by atoms with Crippen molar-refractivity contribution < 1.29 is 14.3 Å². The van der Waals surface area contributed by atoms with Crippen molar-refractivity contribution in [3.63, 3.8) is 0 Å². The molecule has 1 unspecified atom stereocenters. The van der Waals surface area contributed by atoms with Gasteiger partial charge in [-0.2, -0.15) is 0 Å². The molecular formula is C22H29N3O3S. The van der Waals surface area contributed by atoms with Crippen LogP contribution < -0.4 is 5.32 Å². The molecule has 1 saturated heterocycles. The number of ether oxygens (including phenoxy) is 1. The van der Waals surface area contributed by atoms with Crippen molar-refractivity contribution in [3.05, 3.63) is 40.5 Å². The van der Waals surface area contributed by atoms with Crippen LogP contribution in [0.25, 0.3) is 10.4 Å². The molecule has 1 N–H and O–H groups in total. The minimum atomic E-state index is -0.542. The zero-order valence-electron chi connectivity index (χ0n) is 17.7. The van der Waals surface area contributed by atoms with Crippen LogP contribution in [0.3, 0.4) is 0 Å². The second-order valence-electron chi connectivity index (χ2n) is 8.28. The Kier molecular flexibility index (Phi) is 6.27. The number of aromatic nitrogens is 1. The van der Waals surface area contributed by atoms with Gasteiger partial charge in [0.15, 0.2) is 0 Å². The summed E-state index contributed by atoms with van der Waals surface area (Å²) in [6.45, 7) is 10.6. The highest BCUT2D eigenvalue weighted by Gasteiger charge is 2.35. The number of aryl methyl sites for hydroxylation is 2. The Balaban J connectivity index is 1.69. The van der Waals surface area contributed by atoms with Crippen LogP contribution in [0.5, 0.6) is 0 Å². The van der Waals surface area contributed by atoms with E-state index in [1.165, 1.54) is 16.9 Å². The number of nitrogens with zero attached hydrogens (tertiary/aromatic N) is 2. The topological polar surface area (TPSA) is 71.5 Å². The molecule has 29 heavy (non-hydrogen) atoms. The van der Waals surface area contributed by atoms with E-state index in [2.05, 4.69) is 41.5 Å². The van der Waals surface area contributed by atoms with Crippen molar-refractivity contribution >= 4 is 23.3 Å².